The minimum atomic E-state index is -0.0966. The van der Waals surface area contributed by atoms with Gasteiger partial charge in [-0.15, -0.1) is 11.6 Å². The second-order valence-electron chi connectivity index (χ2n) is 4.48. The van der Waals surface area contributed by atoms with Crippen molar-refractivity contribution in [2.75, 3.05) is 0 Å². The van der Waals surface area contributed by atoms with Crippen LogP contribution in [0.25, 0.3) is 0 Å². The van der Waals surface area contributed by atoms with Crippen LogP contribution in [0.4, 0.5) is 0 Å². The molecule has 0 aromatic heterocycles. The van der Waals surface area contributed by atoms with Gasteiger partial charge in [-0.3, -0.25) is 0 Å². The van der Waals surface area contributed by atoms with Crippen LogP contribution in [-0.4, -0.2) is 15.7 Å². The molecule has 0 fully saturated rings. The quantitative estimate of drug-likeness (QED) is 0.321. The molecule has 1 radical (unpaired) electrons. The minimum Gasteiger partial charge on any atom is -0.177 e. The molecule has 0 N–H and O–H groups in total. The summed E-state index contributed by atoms with van der Waals surface area (Å²) in [5.74, 6) is 0. The van der Waals surface area contributed by atoms with Crippen molar-refractivity contribution in [1.82, 2.24) is 0 Å². The first-order valence-corrected chi connectivity index (χ1v) is 6.36. The molecule has 0 nitrogen and oxygen atoms in total. The average molecular weight is 317 g/mol. The summed E-state index contributed by atoms with van der Waals surface area (Å²) in [6.45, 7) is 10.8. The van der Waals surface area contributed by atoms with Gasteiger partial charge in [-0.1, -0.05) is 36.4 Å². The van der Waals surface area contributed by atoms with Crippen LogP contribution >= 0.6 is 43.3 Å². The Morgan fingerprint density at radius 3 is 2.08 bits per heavy atom. The second kappa shape index (κ2) is 4.84. The van der Waals surface area contributed by atoms with Crippen molar-refractivity contribution in [3.8, 4) is 0 Å². The third kappa shape index (κ3) is 5.29. The summed E-state index contributed by atoms with van der Waals surface area (Å²) in [7, 11) is 2.68. The number of hydrogen-bond acceptors (Lipinski definition) is 0. The summed E-state index contributed by atoms with van der Waals surface area (Å²) in [5.41, 5.74) is 0.271. The molecule has 2 atom stereocenters. The van der Waals surface area contributed by atoms with E-state index in [0.717, 1.165) is 6.42 Å². The number of rotatable bonds is 4. The van der Waals surface area contributed by atoms with Crippen LogP contribution in [0.3, 0.4) is 0 Å². The molecule has 0 saturated carbocycles. The second-order valence-corrected chi connectivity index (χ2v) is 7.23. The lowest BCUT2D eigenvalue weighted by molar-refractivity contribution is 0.333. The van der Waals surface area contributed by atoms with E-state index in [1.54, 1.807) is 0 Å². The Labute approximate surface area is 98.1 Å². The molecule has 4 heteroatoms. The first-order valence-electron chi connectivity index (χ1n) is 4.07. The summed E-state index contributed by atoms with van der Waals surface area (Å²) < 4.78 is 0.554. The highest BCUT2D eigenvalue weighted by Crippen LogP contribution is 2.38. The molecule has 71 valence electrons. The van der Waals surface area contributed by atoms with Crippen LogP contribution in [0, 0.1) is 5.41 Å². The van der Waals surface area contributed by atoms with E-state index >= 15 is 0 Å². The van der Waals surface area contributed by atoms with E-state index in [1.165, 1.54) is 0 Å². The Bertz CT molecular complexity index is 144. The van der Waals surface area contributed by atoms with Crippen LogP contribution in [0.5, 0.6) is 0 Å². The van der Waals surface area contributed by atoms with Gasteiger partial charge in [0.1, 0.15) is 0 Å². The molecule has 0 aliphatic heterocycles. The molecule has 0 aromatic rings. The van der Waals surface area contributed by atoms with Crippen LogP contribution in [0.2, 0.25) is 0 Å². The van der Waals surface area contributed by atoms with Crippen molar-refractivity contribution in [3.05, 3.63) is 0 Å². The highest BCUT2D eigenvalue weighted by Gasteiger charge is 2.32. The molecule has 0 amide bonds. The van der Waals surface area contributed by atoms with Gasteiger partial charge >= 0.3 is 0 Å². The van der Waals surface area contributed by atoms with Crippen molar-refractivity contribution < 1.29 is 0 Å². The first kappa shape index (κ1) is 13.5. The van der Waals surface area contributed by atoms with Gasteiger partial charge < -0.3 is 0 Å². The highest BCUT2D eigenvalue weighted by molar-refractivity contribution is 14.1. The van der Waals surface area contributed by atoms with Crippen molar-refractivity contribution in [2.24, 2.45) is 5.41 Å². The predicted octanol–water partition coefficient (Wildman–Crippen LogP) is 3.68. The summed E-state index contributed by atoms with van der Waals surface area (Å²) in [5, 5.41) is 0. The van der Waals surface area contributed by atoms with Gasteiger partial charge in [0.15, 0.2) is 7.00 Å². The molecule has 2 unspecified atom stereocenters. The van der Waals surface area contributed by atoms with E-state index in [9.17, 15) is 0 Å². The molecule has 0 spiro atoms. The van der Waals surface area contributed by atoms with Crippen molar-refractivity contribution in [3.63, 3.8) is 0 Å². The maximum absolute atomic E-state index is 6.19. The van der Waals surface area contributed by atoms with Gasteiger partial charge in [0, 0.05) is 4.87 Å². The summed E-state index contributed by atoms with van der Waals surface area (Å²) in [4.78, 5) is -0.0966. The monoisotopic (exact) mass is 317 g/mol. The minimum absolute atomic E-state index is 0.0966. The molecular weight excluding hydrogens is 300 g/mol. The maximum atomic E-state index is 6.19. The van der Waals surface area contributed by atoms with E-state index in [2.05, 4.69) is 66.4 Å². The van der Waals surface area contributed by atoms with Crippen LogP contribution in [0.15, 0.2) is 0 Å². The Hall–Kier alpha value is 1.51. The van der Waals surface area contributed by atoms with Crippen molar-refractivity contribution >= 4 is 50.3 Å². The molecule has 0 aromatic carbocycles. The molecule has 0 aliphatic carbocycles. The van der Waals surface area contributed by atoms with Gasteiger partial charge in [0.05, 0.1) is 0 Å². The molecule has 0 aliphatic rings. The third-order valence-corrected chi connectivity index (χ3v) is 5.19. The van der Waals surface area contributed by atoms with Crippen molar-refractivity contribution in [1.29, 1.82) is 0 Å². The zero-order chi connectivity index (χ0) is 9.99. The molecule has 0 saturated heterocycles. The molecule has 0 bridgehead atoms. The molecule has 12 heavy (non-hydrogen) atoms. The Kier molecular flexibility index (Phi) is 5.45. The third-order valence-electron chi connectivity index (χ3n) is 1.79. The van der Waals surface area contributed by atoms with Gasteiger partial charge in [0.2, 0.25) is 0 Å². The van der Waals surface area contributed by atoms with Gasteiger partial charge in [-0.05, 0) is 29.5 Å². The molecule has 0 heterocycles. The van der Waals surface area contributed by atoms with Gasteiger partial charge in [0.25, 0.3) is 0 Å². The van der Waals surface area contributed by atoms with Crippen LogP contribution in [-0.2, 0) is 0 Å². The zero-order valence-corrected chi connectivity index (χ0v) is 12.3. The Morgan fingerprint density at radius 2 is 1.83 bits per heavy atom. The van der Waals surface area contributed by atoms with Crippen LogP contribution < -0.4 is 0 Å². The smallest absolute Gasteiger partial charge is 0.155 e. The van der Waals surface area contributed by atoms with E-state index in [-0.39, 0.29) is 10.3 Å². The normalized spacial score (nSPS) is 15.9. The molecule has 0 rings (SSSR count). The number of alkyl halides is 2. The van der Waals surface area contributed by atoms with E-state index in [4.69, 9.17) is 11.6 Å². The number of halogens is 2. The molecular formula is C8H17BClIP. The maximum Gasteiger partial charge on any atom is 0.155 e. The highest BCUT2D eigenvalue weighted by atomic mass is 127. The SMILES string of the molecule is CC(C)(Cl)CC(C)(C)C(I)[B]P. The van der Waals surface area contributed by atoms with Gasteiger partial charge in [-0.25, -0.2) is 0 Å². The summed E-state index contributed by atoms with van der Waals surface area (Å²) in [6.07, 6.45) is 1.03. The lowest BCUT2D eigenvalue weighted by atomic mass is 9.73. The Balaban J connectivity index is 4.22. The first-order chi connectivity index (χ1) is 5.19. The van der Waals surface area contributed by atoms with Crippen LogP contribution in [0.1, 0.15) is 34.1 Å². The lowest BCUT2D eigenvalue weighted by Crippen LogP contribution is -2.33. The Morgan fingerprint density at radius 1 is 1.42 bits per heavy atom. The summed E-state index contributed by atoms with van der Waals surface area (Å²) >= 11 is 8.65. The fraction of sp³-hybridized carbons (Fsp3) is 1.00. The predicted molar refractivity (Wildman–Crippen MR) is 71.6 cm³/mol. The largest absolute Gasteiger partial charge is 0.177 e. The fourth-order valence-electron chi connectivity index (χ4n) is 1.44. The summed E-state index contributed by atoms with van der Waals surface area (Å²) in [6, 6.07) is 0. The lowest BCUT2D eigenvalue weighted by Gasteiger charge is -2.34. The van der Waals surface area contributed by atoms with Crippen molar-refractivity contribution in [2.45, 2.75) is 42.8 Å². The average Bonchev–Trinajstić information content (AvgIpc) is 1.80. The topological polar surface area (TPSA) is 0 Å². The van der Waals surface area contributed by atoms with E-state index < -0.39 is 0 Å². The van der Waals surface area contributed by atoms with Gasteiger partial charge in [-0.2, -0.15) is 9.12 Å². The van der Waals surface area contributed by atoms with E-state index in [1.807, 2.05) is 0 Å². The number of hydrogen-bond donors (Lipinski definition) is 0. The standard InChI is InChI=1S/C8H17BClIP/c1-7(2,6(11)9-12)5-8(3,4)10/h6H,5,12H2,1-4H3. The fourth-order valence-corrected chi connectivity index (χ4v) is 2.53. The van der Waals surface area contributed by atoms with E-state index in [0.29, 0.717) is 3.82 Å². The zero-order valence-electron chi connectivity index (χ0n) is 8.20.